The highest BCUT2D eigenvalue weighted by atomic mass is 16.2. The Kier molecular flexibility index (Phi) is 3.29. The van der Waals surface area contributed by atoms with Crippen LogP contribution in [0.5, 0.6) is 0 Å². The Bertz CT molecular complexity index is 647. The van der Waals surface area contributed by atoms with Crippen LogP contribution in [-0.2, 0) is 0 Å². The van der Waals surface area contributed by atoms with Crippen LogP contribution in [0.3, 0.4) is 0 Å². The van der Waals surface area contributed by atoms with Gasteiger partial charge in [-0.05, 0) is 24.6 Å². The third-order valence-electron chi connectivity index (χ3n) is 3.33. The van der Waals surface area contributed by atoms with Crippen molar-refractivity contribution < 1.29 is 4.79 Å². The van der Waals surface area contributed by atoms with Gasteiger partial charge in [0.2, 0.25) is 0 Å². The monoisotopic (exact) mass is 265 g/mol. The smallest absolute Gasteiger partial charge is 0.267 e. The van der Waals surface area contributed by atoms with Crippen molar-refractivity contribution in [2.24, 2.45) is 5.10 Å². The van der Waals surface area contributed by atoms with E-state index in [-0.39, 0.29) is 5.91 Å². The minimum atomic E-state index is -0.0970. The van der Waals surface area contributed by atoms with E-state index in [9.17, 15) is 4.79 Å². The van der Waals surface area contributed by atoms with Crippen molar-refractivity contribution in [3.05, 3.63) is 65.5 Å². The zero-order chi connectivity index (χ0) is 13.9. The van der Waals surface area contributed by atoms with Crippen LogP contribution in [-0.4, -0.2) is 28.2 Å². The lowest BCUT2D eigenvalue weighted by Crippen LogP contribution is -2.23. The zero-order valence-electron chi connectivity index (χ0n) is 11.3. The summed E-state index contributed by atoms with van der Waals surface area (Å²) in [4.78, 5) is 16.2. The molecule has 0 N–H and O–H groups in total. The van der Waals surface area contributed by atoms with Crippen LogP contribution in [0.15, 0.2) is 53.9 Å². The maximum absolute atomic E-state index is 12.3. The molecule has 0 aliphatic carbocycles. The first kappa shape index (κ1) is 12.5. The van der Waals surface area contributed by atoms with Crippen molar-refractivity contribution in [2.75, 3.05) is 6.54 Å². The molecule has 0 unspecified atom stereocenters. The highest BCUT2D eigenvalue weighted by molar-refractivity contribution is 6.04. The summed E-state index contributed by atoms with van der Waals surface area (Å²) in [7, 11) is 0. The molecule has 1 aliphatic rings. The molecule has 4 nitrogen and oxygen atoms in total. The molecule has 0 saturated heterocycles. The standard InChI is InChI=1S/C16H15N3O/c1-12-4-6-13(7-5-12)15-8-10-19(18-15)16(20)14-3-2-9-17-11-14/h2-7,9,11H,8,10H2,1H3. The average molecular weight is 265 g/mol. The molecular formula is C16H15N3O. The van der Waals surface area contributed by atoms with Gasteiger partial charge in [0.15, 0.2) is 0 Å². The fourth-order valence-corrected chi connectivity index (χ4v) is 2.19. The fourth-order valence-electron chi connectivity index (χ4n) is 2.19. The summed E-state index contributed by atoms with van der Waals surface area (Å²) in [5.74, 6) is -0.0970. The van der Waals surface area contributed by atoms with Gasteiger partial charge in [-0.3, -0.25) is 9.78 Å². The number of hydrogen-bond donors (Lipinski definition) is 0. The first-order valence-electron chi connectivity index (χ1n) is 6.60. The Labute approximate surface area is 117 Å². The van der Waals surface area contributed by atoms with Gasteiger partial charge in [-0.2, -0.15) is 5.10 Å². The molecule has 3 rings (SSSR count). The highest BCUT2D eigenvalue weighted by Crippen LogP contribution is 2.16. The second kappa shape index (κ2) is 5.25. The number of benzene rings is 1. The van der Waals surface area contributed by atoms with Crippen LogP contribution in [0.25, 0.3) is 0 Å². The molecule has 20 heavy (non-hydrogen) atoms. The first-order chi connectivity index (χ1) is 9.74. The molecule has 1 amide bonds. The van der Waals surface area contributed by atoms with Gasteiger partial charge in [0.05, 0.1) is 17.8 Å². The third-order valence-corrected chi connectivity index (χ3v) is 3.33. The van der Waals surface area contributed by atoms with E-state index in [1.165, 1.54) is 10.6 Å². The Morgan fingerprint density at radius 2 is 2.00 bits per heavy atom. The number of hydrogen-bond acceptors (Lipinski definition) is 3. The Morgan fingerprint density at radius 1 is 1.20 bits per heavy atom. The number of rotatable bonds is 2. The van der Waals surface area contributed by atoms with Gasteiger partial charge in [-0.25, -0.2) is 5.01 Å². The van der Waals surface area contributed by atoms with E-state index in [0.29, 0.717) is 12.1 Å². The van der Waals surface area contributed by atoms with E-state index >= 15 is 0 Å². The first-order valence-corrected chi connectivity index (χ1v) is 6.60. The molecule has 1 aliphatic heterocycles. The van der Waals surface area contributed by atoms with Crippen molar-refractivity contribution in [1.82, 2.24) is 9.99 Å². The SMILES string of the molecule is Cc1ccc(C2=NN(C(=O)c3cccnc3)CC2)cc1. The lowest BCUT2D eigenvalue weighted by Gasteiger charge is -2.10. The van der Waals surface area contributed by atoms with E-state index in [1.54, 1.807) is 24.5 Å². The second-order valence-corrected chi connectivity index (χ2v) is 4.83. The number of aromatic nitrogens is 1. The molecule has 1 aromatic heterocycles. The topological polar surface area (TPSA) is 45.6 Å². The third kappa shape index (κ3) is 2.45. The molecule has 1 aromatic carbocycles. The quantitative estimate of drug-likeness (QED) is 0.838. The molecule has 0 saturated carbocycles. The summed E-state index contributed by atoms with van der Waals surface area (Å²) in [5, 5.41) is 5.96. The van der Waals surface area contributed by atoms with Crippen molar-refractivity contribution in [3.63, 3.8) is 0 Å². The van der Waals surface area contributed by atoms with Crippen LogP contribution in [0.4, 0.5) is 0 Å². The maximum Gasteiger partial charge on any atom is 0.275 e. The van der Waals surface area contributed by atoms with Crippen LogP contribution in [0.1, 0.15) is 27.9 Å². The van der Waals surface area contributed by atoms with Gasteiger partial charge in [0.1, 0.15) is 0 Å². The number of aryl methyl sites for hydroxylation is 1. The van der Waals surface area contributed by atoms with E-state index < -0.39 is 0 Å². The summed E-state index contributed by atoms with van der Waals surface area (Å²) in [5.41, 5.74) is 3.83. The summed E-state index contributed by atoms with van der Waals surface area (Å²) in [6.07, 6.45) is 4.01. The molecule has 0 atom stereocenters. The molecule has 0 spiro atoms. The summed E-state index contributed by atoms with van der Waals surface area (Å²) in [6.45, 7) is 2.68. The van der Waals surface area contributed by atoms with Gasteiger partial charge in [-0.1, -0.05) is 29.8 Å². The Balaban J connectivity index is 1.81. The van der Waals surface area contributed by atoms with Gasteiger partial charge in [-0.15, -0.1) is 0 Å². The predicted molar refractivity (Wildman–Crippen MR) is 77.6 cm³/mol. The van der Waals surface area contributed by atoms with Crippen molar-refractivity contribution >= 4 is 11.6 Å². The number of nitrogens with zero attached hydrogens (tertiary/aromatic N) is 3. The molecule has 0 fully saturated rings. The number of hydrazone groups is 1. The zero-order valence-corrected chi connectivity index (χ0v) is 11.3. The summed E-state index contributed by atoms with van der Waals surface area (Å²) >= 11 is 0. The Morgan fingerprint density at radius 3 is 2.70 bits per heavy atom. The number of carbonyl (C=O) groups is 1. The predicted octanol–water partition coefficient (Wildman–Crippen LogP) is 2.64. The molecule has 2 heterocycles. The van der Waals surface area contributed by atoms with Crippen molar-refractivity contribution in [1.29, 1.82) is 0 Å². The molecule has 2 aromatic rings. The summed E-state index contributed by atoms with van der Waals surface area (Å²) < 4.78 is 0. The normalized spacial score (nSPS) is 14.2. The average Bonchev–Trinajstić information content (AvgIpc) is 2.98. The van der Waals surface area contributed by atoms with E-state index in [0.717, 1.165) is 17.7 Å². The van der Waals surface area contributed by atoms with Gasteiger partial charge in [0, 0.05) is 18.8 Å². The lowest BCUT2D eigenvalue weighted by molar-refractivity contribution is 0.0778. The number of carbonyl (C=O) groups excluding carboxylic acids is 1. The van der Waals surface area contributed by atoms with E-state index in [2.05, 4.69) is 29.1 Å². The van der Waals surface area contributed by atoms with Gasteiger partial charge >= 0.3 is 0 Å². The van der Waals surface area contributed by atoms with Crippen LogP contribution in [0.2, 0.25) is 0 Å². The molecular weight excluding hydrogens is 250 g/mol. The molecule has 100 valence electrons. The van der Waals surface area contributed by atoms with Crippen LogP contribution >= 0.6 is 0 Å². The lowest BCUT2D eigenvalue weighted by atomic mass is 10.1. The van der Waals surface area contributed by atoms with Crippen molar-refractivity contribution in [2.45, 2.75) is 13.3 Å². The number of amides is 1. The molecule has 0 bridgehead atoms. The molecule has 0 radical (unpaired) electrons. The highest BCUT2D eigenvalue weighted by Gasteiger charge is 2.22. The fraction of sp³-hybridized carbons (Fsp3) is 0.188. The van der Waals surface area contributed by atoms with E-state index in [1.807, 2.05) is 12.1 Å². The Hall–Kier alpha value is -2.49. The summed E-state index contributed by atoms with van der Waals surface area (Å²) in [6, 6.07) is 11.7. The minimum Gasteiger partial charge on any atom is -0.267 e. The van der Waals surface area contributed by atoms with E-state index in [4.69, 9.17) is 0 Å². The number of pyridine rings is 1. The van der Waals surface area contributed by atoms with Crippen LogP contribution < -0.4 is 0 Å². The second-order valence-electron chi connectivity index (χ2n) is 4.83. The van der Waals surface area contributed by atoms with Crippen LogP contribution in [0, 0.1) is 6.92 Å². The minimum absolute atomic E-state index is 0.0970. The maximum atomic E-state index is 12.3. The van der Waals surface area contributed by atoms with Gasteiger partial charge < -0.3 is 0 Å². The largest absolute Gasteiger partial charge is 0.275 e. The molecule has 4 heteroatoms. The van der Waals surface area contributed by atoms with Gasteiger partial charge in [0.25, 0.3) is 5.91 Å². The van der Waals surface area contributed by atoms with Crippen molar-refractivity contribution in [3.8, 4) is 0 Å².